The van der Waals surface area contributed by atoms with Crippen molar-refractivity contribution in [3.63, 3.8) is 0 Å². The van der Waals surface area contributed by atoms with E-state index >= 15 is 0 Å². The fraction of sp³-hybridized carbons (Fsp3) is 0.276. The van der Waals surface area contributed by atoms with E-state index in [9.17, 15) is 46.5 Å². The molecule has 2 aromatic carbocycles. The number of fused-ring (bicyclic) bond motifs is 1. The lowest BCUT2D eigenvalue weighted by molar-refractivity contribution is -0.189. The van der Waals surface area contributed by atoms with Gasteiger partial charge in [0.25, 0.3) is 11.5 Å². The van der Waals surface area contributed by atoms with Gasteiger partial charge in [-0.1, -0.05) is 19.1 Å². The van der Waals surface area contributed by atoms with E-state index in [-0.39, 0.29) is 28.8 Å². The summed E-state index contributed by atoms with van der Waals surface area (Å²) < 4.78 is 75.6. The molecule has 4 N–H and O–H groups in total. The van der Waals surface area contributed by atoms with Gasteiger partial charge < -0.3 is 25.6 Å². The highest BCUT2D eigenvalue weighted by Crippen LogP contribution is 2.40. The van der Waals surface area contributed by atoms with E-state index in [1.807, 2.05) is 0 Å². The predicted octanol–water partition coefficient (Wildman–Crippen LogP) is 3.41. The van der Waals surface area contributed by atoms with E-state index in [4.69, 9.17) is 4.74 Å². The minimum atomic E-state index is -5.48. The lowest BCUT2D eigenvalue weighted by Gasteiger charge is -2.21. The van der Waals surface area contributed by atoms with Crippen molar-refractivity contribution in [1.82, 2.24) is 19.9 Å². The summed E-state index contributed by atoms with van der Waals surface area (Å²) in [5.74, 6) is -7.14. The van der Waals surface area contributed by atoms with Crippen LogP contribution in [-0.2, 0) is 4.79 Å². The Balaban J connectivity index is 2.17. The summed E-state index contributed by atoms with van der Waals surface area (Å²) in [5.41, 5.74) is -3.24. The van der Waals surface area contributed by atoms with Crippen LogP contribution in [0.5, 0.6) is 5.75 Å². The number of anilines is 1. The number of benzene rings is 2. The molecule has 11 nitrogen and oxygen atoms in total. The Morgan fingerprint density at radius 1 is 1.02 bits per heavy atom. The van der Waals surface area contributed by atoms with Gasteiger partial charge >= 0.3 is 12.1 Å². The molecular weight excluding hydrogens is 609 g/mol. The highest BCUT2D eigenvalue weighted by Gasteiger charge is 2.42. The minimum absolute atomic E-state index is 0.128. The summed E-state index contributed by atoms with van der Waals surface area (Å²) in [6.45, 7) is 1.96. The fourth-order valence-corrected chi connectivity index (χ4v) is 4.37. The van der Waals surface area contributed by atoms with Crippen LogP contribution >= 0.6 is 0 Å². The first kappa shape index (κ1) is 32.9. The van der Waals surface area contributed by atoms with Crippen LogP contribution in [0.25, 0.3) is 28.0 Å². The van der Waals surface area contributed by atoms with Crippen LogP contribution in [0.4, 0.5) is 27.9 Å². The number of nitrogens with one attached hydrogen (secondary N) is 2. The lowest BCUT2D eigenvalue weighted by Crippen LogP contribution is -2.31. The van der Waals surface area contributed by atoms with Crippen molar-refractivity contribution in [2.45, 2.75) is 32.5 Å². The number of pyridine rings is 1. The molecule has 0 aliphatic carbocycles. The molecule has 1 amide bonds. The lowest BCUT2D eigenvalue weighted by atomic mass is 9.97. The summed E-state index contributed by atoms with van der Waals surface area (Å²) in [7, 11) is 0. The van der Waals surface area contributed by atoms with E-state index < -0.39 is 83.1 Å². The summed E-state index contributed by atoms with van der Waals surface area (Å²) in [5, 5.41) is 24.2. The number of aliphatic hydroxyl groups is 2. The summed E-state index contributed by atoms with van der Waals surface area (Å²) in [6, 6.07) is 6.27. The van der Waals surface area contributed by atoms with Crippen molar-refractivity contribution in [2.75, 3.05) is 25.1 Å². The maximum atomic E-state index is 15.0. The Morgan fingerprint density at radius 3 is 2.29 bits per heavy atom. The number of carbonyl (C=O) groups excluding carboxylic acids is 2. The maximum absolute atomic E-state index is 15.0. The van der Waals surface area contributed by atoms with Gasteiger partial charge in [-0.15, -0.1) is 0 Å². The molecule has 4 rings (SSSR count). The SMILES string of the molecule is CCCNC(=O)c1ccc(C)c(-c2nc(NC(CO)CO)nc3c2ccc(=O)n3-c2c(F)cccc2F)c1OC(=O)C(F)(F)F. The Labute approximate surface area is 251 Å². The van der Waals surface area contributed by atoms with Gasteiger partial charge in [-0.25, -0.2) is 18.6 Å². The van der Waals surface area contributed by atoms with Crippen molar-refractivity contribution in [2.24, 2.45) is 0 Å². The van der Waals surface area contributed by atoms with Crippen LogP contribution in [0.15, 0.2) is 47.3 Å². The first-order valence-electron chi connectivity index (χ1n) is 13.4. The monoisotopic (exact) mass is 635 g/mol. The van der Waals surface area contributed by atoms with E-state index in [0.717, 1.165) is 36.4 Å². The second kappa shape index (κ2) is 13.4. The molecule has 16 heteroatoms. The second-order valence-electron chi connectivity index (χ2n) is 9.69. The molecule has 0 radical (unpaired) electrons. The van der Waals surface area contributed by atoms with Gasteiger partial charge in [0, 0.05) is 23.6 Å². The van der Waals surface area contributed by atoms with E-state index in [0.29, 0.717) is 11.0 Å². The number of rotatable bonds is 10. The van der Waals surface area contributed by atoms with Gasteiger partial charge in [-0.2, -0.15) is 18.2 Å². The number of aryl methyl sites for hydroxylation is 1. The number of halogens is 5. The van der Waals surface area contributed by atoms with Gasteiger partial charge in [-0.05, 0) is 43.2 Å². The number of ether oxygens (including phenoxy) is 1. The number of esters is 1. The highest BCUT2D eigenvalue weighted by atomic mass is 19.4. The third kappa shape index (κ3) is 6.76. The quantitative estimate of drug-likeness (QED) is 0.117. The molecule has 0 spiro atoms. The molecule has 0 saturated carbocycles. The van der Waals surface area contributed by atoms with E-state index in [1.165, 1.54) is 13.0 Å². The van der Waals surface area contributed by atoms with Crippen LogP contribution < -0.4 is 20.9 Å². The standard InChI is InChI=1S/C29H26F5N5O6/c1-3-11-35-26(43)17-8-7-14(2)21(24(17)45-27(44)29(32,33)34)22-16-9-10-20(42)39(23-18(30)5-4-6-19(23)31)25(16)38-28(37-22)36-15(12-40)13-41/h4-10,15,40-41H,3,11-13H2,1-2H3,(H,35,43)(H,36,37,38). The Hall–Kier alpha value is -4.96. The molecule has 0 saturated heterocycles. The average Bonchev–Trinajstić information content (AvgIpc) is 2.99. The Kier molecular flexibility index (Phi) is 9.78. The van der Waals surface area contributed by atoms with Crippen LogP contribution in [0.3, 0.4) is 0 Å². The van der Waals surface area contributed by atoms with Gasteiger partial charge in [0.15, 0.2) is 11.4 Å². The van der Waals surface area contributed by atoms with Gasteiger partial charge in [0.2, 0.25) is 5.95 Å². The molecule has 2 heterocycles. The third-order valence-electron chi connectivity index (χ3n) is 6.49. The molecule has 0 unspecified atom stereocenters. The van der Waals surface area contributed by atoms with Gasteiger partial charge in [0.05, 0.1) is 30.5 Å². The summed E-state index contributed by atoms with van der Waals surface area (Å²) in [4.78, 5) is 46.8. The normalized spacial score (nSPS) is 11.6. The number of nitrogens with zero attached hydrogens (tertiary/aromatic N) is 3. The highest BCUT2D eigenvalue weighted by molar-refractivity contribution is 6.03. The second-order valence-corrected chi connectivity index (χ2v) is 9.69. The molecule has 0 bridgehead atoms. The van der Waals surface area contributed by atoms with Crippen molar-refractivity contribution in [3.05, 3.63) is 75.6 Å². The summed E-state index contributed by atoms with van der Waals surface area (Å²) >= 11 is 0. The molecule has 0 aliphatic rings. The van der Waals surface area contributed by atoms with Crippen molar-refractivity contribution < 1.29 is 46.5 Å². The number of aliphatic hydroxyl groups excluding tert-OH is 2. The third-order valence-corrected chi connectivity index (χ3v) is 6.49. The fourth-order valence-electron chi connectivity index (χ4n) is 4.37. The van der Waals surface area contributed by atoms with Crippen LogP contribution in [0, 0.1) is 18.6 Å². The number of hydrogen-bond acceptors (Lipinski definition) is 9. The van der Waals surface area contributed by atoms with Crippen LogP contribution in [0.1, 0.15) is 29.3 Å². The molecule has 0 aliphatic heterocycles. The van der Waals surface area contributed by atoms with Crippen molar-refractivity contribution in [1.29, 1.82) is 0 Å². The van der Waals surface area contributed by atoms with E-state index in [1.54, 1.807) is 6.92 Å². The minimum Gasteiger partial charge on any atom is -0.418 e. The van der Waals surface area contributed by atoms with Crippen LogP contribution in [0.2, 0.25) is 0 Å². The maximum Gasteiger partial charge on any atom is 0.491 e. The van der Waals surface area contributed by atoms with Gasteiger partial charge in [0.1, 0.15) is 17.3 Å². The Bertz CT molecular complexity index is 1800. The molecule has 4 aromatic rings. The largest absolute Gasteiger partial charge is 0.491 e. The molecule has 0 fully saturated rings. The number of para-hydroxylation sites is 1. The average molecular weight is 636 g/mol. The van der Waals surface area contributed by atoms with Crippen molar-refractivity contribution >= 4 is 28.9 Å². The van der Waals surface area contributed by atoms with Crippen molar-refractivity contribution in [3.8, 4) is 22.7 Å². The molecule has 0 atom stereocenters. The Morgan fingerprint density at radius 2 is 1.69 bits per heavy atom. The molecule has 238 valence electrons. The number of carbonyl (C=O) groups is 2. The zero-order chi connectivity index (χ0) is 33.1. The zero-order valence-corrected chi connectivity index (χ0v) is 23.7. The number of amides is 1. The van der Waals surface area contributed by atoms with Crippen LogP contribution in [-0.4, -0.2) is 68.6 Å². The predicted molar refractivity (Wildman–Crippen MR) is 151 cm³/mol. The molecule has 45 heavy (non-hydrogen) atoms. The topological polar surface area (TPSA) is 156 Å². The number of aromatic nitrogens is 3. The molecule has 2 aromatic heterocycles. The first-order valence-corrected chi connectivity index (χ1v) is 13.4. The first-order chi connectivity index (χ1) is 21.3. The number of alkyl halides is 3. The van der Waals surface area contributed by atoms with Gasteiger partial charge in [-0.3, -0.25) is 14.2 Å². The number of hydrogen-bond donors (Lipinski definition) is 4. The smallest absolute Gasteiger partial charge is 0.418 e. The zero-order valence-electron chi connectivity index (χ0n) is 23.7. The molecular formula is C29H26F5N5O6. The summed E-state index contributed by atoms with van der Waals surface area (Å²) in [6.07, 6.45) is -5.01. The van der Waals surface area contributed by atoms with E-state index in [2.05, 4.69) is 20.6 Å².